The lowest BCUT2D eigenvalue weighted by Crippen LogP contribution is -2.43. The largest absolute Gasteiger partial charge is 0.352 e. The van der Waals surface area contributed by atoms with Crippen LogP contribution >= 0.6 is 11.3 Å². The molecule has 1 amide bonds. The maximum absolute atomic E-state index is 13.0. The molecule has 0 spiro atoms. The van der Waals surface area contributed by atoms with Gasteiger partial charge in [-0.3, -0.25) is 14.2 Å². The van der Waals surface area contributed by atoms with Crippen LogP contribution in [0.5, 0.6) is 0 Å². The van der Waals surface area contributed by atoms with Crippen molar-refractivity contribution in [2.75, 3.05) is 0 Å². The molecule has 1 aliphatic carbocycles. The van der Waals surface area contributed by atoms with E-state index in [1.165, 1.54) is 28.7 Å². The highest BCUT2D eigenvalue weighted by Crippen LogP contribution is 2.30. The SMILES string of the molecule is CC1CCCCC1NC(=O)Cn1cnc2scc(-c3ccccc3)c2c1=O. The number of nitrogens with zero attached hydrogens (tertiary/aromatic N) is 2. The Morgan fingerprint density at radius 1 is 1.26 bits per heavy atom. The Kier molecular flexibility index (Phi) is 5.07. The Hall–Kier alpha value is -2.47. The lowest BCUT2D eigenvalue weighted by molar-refractivity contribution is -0.123. The molecule has 0 bridgehead atoms. The van der Waals surface area contributed by atoms with Crippen LogP contribution in [0.1, 0.15) is 32.6 Å². The summed E-state index contributed by atoms with van der Waals surface area (Å²) in [5.74, 6) is 0.370. The van der Waals surface area contributed by atoms with E-state index in [0.717, 1.165) is 30.4 Å². The summed E-state index contributed by atoms with van der Waals surface area (Å²) >= 11 is 1.45. The lowest BCUT2D eigenvalue weighted by atomic mass is 9.86. The molecular formula is C21H23N3O2S. The molecule has 1 saturated carbocycles. The highest BCUT2D eigenvalue weighted by atomic mass is 32.1. The van der Waals surface area contributed by atoms with E-state index >= 15 is 0 Å². The molecule has 2 unspecified atom stereocenters. The number of hydrogen-bond donors (Lipinski definition) is 1. The van der Waals surface area contributed by atoms with Crippen molar-refractivity contribution in [1.82, 2.24) is 14.9 Å². The van der Waals surface area contributed by atoms with Crippen LogP contribution < -0.4 is 10.9 Å². The average Bonchev–Trinajstić information content (AvgIpc) is 3.11. The van der Waals surface area contributed by atoms with E-state index in [0.29, 0.717) is 16.1 Å². The van der Waals surface area contributed by atoms with Crippen molar-refractivity contribution in [2.45, 2.75) is 45.2 Å². The van der Waals surface area contributed by atoms with Crippen LogP contribution in [-0.2, 0) is 11.3 Å². The number of thiophene rings is 1. The van der Waals surface area contributed by atoms with E-state index in [9.17, 15) is 9.59 Å². The number of aromatic nitrogens is 2. The smallest absolute Gasteiger partial charge is 0.263 e. The number of carbonyl (C=O) groups is 1. The zero-order valence-corrected chi connectivity index (χ0v) is 16.2. The number of amides is 1. The van der Waals surface area contributed by atoms with Gasteiger partial charge in [0.05, 0.1) is 11.7 Å². The summed E-state index contributed by atoms with van der Waals surface area (Å²) < 4.78 is 1.42. The molecule has 2 aromatic heterocycles. The third-order valence-corrected chi connectivity index (χ3v) is 6.30. The van der Waals surface area contributed by atoms with Crippen molar-refractivity contribution < 1.29 is 4.79 Å². The molecule has 0 saturated heterocycles. The molecular weight excluding hydrogens is 358 g/mol. The van der Waals surface area contributed by atoms with Gasteiger partial charge in [-0.15, -0.1) is 11.3 Å². The van der Waals surface area contributed by atoms with E-state index in [1.807, 2.05) is 35.7 Å². The summed E-state index contributed by atoms with van der Waals surface area (Å²) in [5.41, 5.74) is 1.71. The Morgan fingerprint density at radius 3 is 2.81 bits per heavy atom. The summed E-state index contributed by atoms with van der Waals surface area (Å²) in [4.78, 5) is 30.6. The third-order valence-electron chi connectivity index (χ3n) is 5.42. The van der Waals surface area contributed by atoms with Crippen molar-refractivity contribution in [1.29, 1.82) is 0 Å². The van der Waals surface area contributed by atoms with Crippen LogP contribution in [0.25, 0.3) is 21.3 Å². The van der Waals surface area contributed by atoms with Gasteiger partial charge in [0.25, 0.3) is 5.56 Å². The molecule has 1 N–H and O–H groups in total. The summed E-state index contributed by atoms with van der Waals surface area (Å²) in [6, 6.07) is 10.0. The zero-order chi connectivity index (χ0) is 18.8. The maximum atomic E-state index is 13.0. The summed E-state index contributed by atoms with van der Waals surface area (Å²) in [6.45, 7) is 2.19. The van der Waals surface area contributed by atoms with Gasteiger partial charge in [-0.2, -0.15) is 0 Å². The Bertz CT molecular complexity index is 1010. The molecule has 0 aliphatic heterocycles. The number of fused-ring (bicyclic) bond motifs is 1. The van der Waals surface area contributed by atoms with Gasteiger partial charge < -0.3 is 5.32 Å². The standard InChI is InChI=1S/C21H23N3O2S/c1-14-7-5-6-10-17(14)23-18(25)11-24-13-22-20-19(21(24)26)16(12-27-20)15-8-3-2-4-9-15/h2-4,8-9,12-14,17H,5-7,10-11H2,1H3,(H,23,25). The molecule has 1 fully saturated rings. The topological polar surface area (TPSA) is 64.0 Å². The second-order valence-corrected chi connectivity index (χ2v) is 8.17. The summed E-state index contributed by atoms with van der Waals surface area (Å²) in [5, 5.41) is 5.66. The number of hydrogen-bond acceptors (Lipinski definition) is 4. The van der Waals surface area contributed by atoms with E-state index in [4.69, 9.17) is 0 Å². The minimum atomic E-state index is -0.160. The number of rotatable bonds is 4. The van der Waals surface area contributed by atoms with Gasteiger partial charge in [-0.25, -0.2) is 4.98 Å². The molecule has 3 aromatic rings. The van der Waals surface area contributed by atoms with Gasteiger partial charge in [0, 0.05) is 17.0 Å². The first kappa shape index (κ1) is 17.9. The molecule has 2 atom stereocenters. The van der Waals surface area contributed by atoms with Crippen molar-refractivity contribution >= 4 is 27.5 Å². The number of carbonyl (C=O) groups excluding carboxylic acids is 1. The number of benzene rings is 1. The Balaban J connectivity index is 1.60. The highest BCUT2D eigenvalue weighted by molar-refractivity contribution is 7.17. The molecule has 1 aliphatic rings. The molecule has 5 nitrogen and oxygen atoms in total. The van der Waals surface area contributed by atoms with Gasteiger partial charge >= 0.3 is 0 Å². The van der Waals surface area contributed by atoms with Crippen LogP contribution in [0.2, 0.25) is 0 Å². The normalized spacial score (nSPS) is 19.9. The van der Waals surface area contributed by atoms with Crippen LogP contribution in [0.4, 0.5) is 0 Å². The van der Waals surface area contributed by atoms with Gasteiger partial charge in [0.1, 0.15) is 11.4 Å². The first-order valence-electron chi connectivity index (χ1n) is 9.45. The zero-order valence-electron chi connectivity index (χ0n) is 15.4. The first-order valence-corrected chi connectivity index (χ1v) is 10.3. The first-order chi connectivity index (χ1) is 13.1. The number of nitrogens with one attached hydrogen (secondary N) is 1. The minimum Gasteiger partial charge on any atom is -0.352 e. The van der Waals surface area contributed by atoms with Crippen molar-refractivity contribution in [2.24, 2.45) is 5.92 Å². The van der Waals surface area contributed by atoms with Gasteiger partial charge in [0.2, 0.25) is 5.91 Å². The van der Waals surface area contributed by atoms with E-state index in [-0.39, 0.29) is 24.1 Å². The monoisotopic (exact) mass is 381 g/mol. The van der Waals surface area contributed by atoms with Crippen LogP contribution in [-0.4, -0.2) is 21.5 Å². The fraction of sp³-hybridized carbons (Fsp3) is 0.381. The van der Waals surface area contributed by atoms with Crippen molar-refractivity contribution in [3.05, 3.63) is 52.4 Å². The molecule has 2 heterocycles. The van der Waals surface area contributed by atoms with Crippen molar-refractivity contribution in [3.8, 4) is 11.1 Å². The molecule has 27 heavy (non-hydrogen) atoms. The molecule has 0 radical (unpaired) electrons. The Labute approximate surface area is 162 Å². The summed E-state index contributed by atoms with van der Waals surface area (Å²) in [7, 11) is 0. The fourth-order valence-electron chi connectivity index (χ4n) is 3.85. The van der Waals surface area contributed by atoms with Gasteiger partial charge in [-0.1, -0.05) is 50.1 Å². The summed E-state index contributed by atoms with van der Waals surface area (Å²) in [6.07, 6.45) is 6.03. The highest BCUT2D eigenvalue weighted by Gasteiger charge is 2.23. The van der Waals surface area contributed by atoms with E-state index in [2.05, 4.69) is 17.2 Å². The second kappa shape index (κ2) is 7.64. The second-order valence-electron chi connectivity index (χ2n) is 7.31. The molecule has 6 heteroatoms. The van der Waals surface area contributed by atoms with E-state index in [1.54, 1.807) is 0 Å². The predicted molar refractivity (Wildman–Crippen MR) is 109 cm³/mol. The van der Waals surface area contributed by atoms with Crippen molar-refractivity contribution in [3.63, 3.8) is 0 Å². The van der Waals surface area contributed by atoms with Crippen LogP contribution in [0.3, 0.4) is 0 Å². The predicted octanol–water partition coefficient (Wildman–Crippen LogP) is 3.82. The fourth-order valence-corrected chi connectivity index (χ4v) is 4.75. The minimum absolute atomic E-state index is 0.00900. The van der Waals surface area contributed by atoms with E-state index < -0.39 is 0 Å². The average molecular weight is 382 g/mol. The molecule has 4 rings (SSSR count). The Morgan fingerprint density at radius 2 is 2.04 bits per heavy atom. The lowest BCUT2D eigenvalue weighted by Gasteiger charge is -2.29. The van der Waals surface area contributed by atoms with Gasteiger partial charge in [-0.05, 0) is 24.3 Å². The van der Waals surface area contributed by atoms with Gasteiger partial charge in [0.15, 0.2) is 0 Å². The van der Waals surface area contributed by atoms with Crippen LogP contribution in [0, 0.1) is 5.92 Å². The third kappa shape index (κ3) is 3.67. The quantitative estimate of drug-likeness (QED) is 0.747. The molecule has 140 valence electrons. The van der Waals surface area contributed by atoms with Crippen LogP contribution in [0.15, 0.2) is 46.8 Å². The molecule has 1 aromatic carbocycles. The maximum Gasteiger partial charge on any atom is 0.263 e.